The lowest BCUT2D eigenvalue weighted by molar-refractivity contribution is 0.398. The van der Waals surface area contributed by atoms with Crippen molar-refractivity contribution in [3.8, 4) is 5.88 Å². The maximum Gasteiger partial charge on any atom is 0.221 e. The van der Waals surface area contributed by atoms with Gasteiger partial charge in [-0.1, -0.05) is 18.2 Å². The van der Waals surface area contributed by atoms with Gasteiger partial charge < -0.3 is 4.74 Å². The number of methoxy groups -OCH3 is 1. The smallest absolute Gasteiger partial charge is 0.221 e. The first kappa shape index (κ1) is 7.10. The fourth-order valence-corrected chi connectivity index (χ4v) is 1.10. The van der Waals surface area contributed by atoms with E-state index in [1.54, 1.807) is 7.11 Å². The molecule has 0 saturated heterocycles. The highest BCUT2D eigenvalue weighted by Crippen LogP contribution is 2.14. The van der Waals surface area contributed by atoms with E-state index in [2.05, 4.69) is 11.1 Å². The third-order valence-corrected chi connectivity index (χ3v) is 1.70. The number of pyridine rings is 1. The van der Waals surface area contributed by atoms with Crippen molar-refractivity contribution in [2.24, 2.45) is 0 Å². The Bertz CT molecular complexity index is 398. The summed E-state index contributed by atoms with van der Waals surface area (Å²) in [6.07, 6.45) is 0. The monoisotopic (exact) mass is 158 g/mol. The van der Waals surface area contributed by atoms with Gasteiger partial charge in [-0.25, -0.2) is 4.98 Å². The van der Waals surface area contributed by atoms with Crippen molar-refractivity contribution in [1.29, 1.82) is 0 Å². The second-order valence-corrected chi connectivity index (χ2v) is 2.47. The molecule has 12 heavy (non-hydrogen) atoms. The molecule has 2 aromatic rings. The van der Waals surface area contributed by atoms with Gasteiger partial charge in [-0.15, -0.1) is 0 Å². The first-order chi connectivity index (χ1) is 5.90. The molecular formula is C10H8NO. The van der Waals surface area contributed by atoms with Gasteiger partial charge in [0.25, 0.3) is 0 Å². The van der Waals surface area contributed by atoms with Crippen molar-refractivity contribution in [1.82, 2.24) is 4.98 Å². The SMILES string of the molecule is COc1[c]cc2ccccc2n1. The number of ether oxygens (including phenoxy) is 1. The molecule has 1 aromatic heterocycles. The maximum atomic E-state index is 4.96. The number of aromatic nitrogens is 1. The highest BCUT2D eigenvalue weighted by Gasteiger charge is 1.95. The molecule has 1 radical (unpaired) electrons. The van der Waals surface area contributed by atoms with Crippen LogP contribution in [0.2, 0.25) is 0 Å². The summed E-state index contributed by atoms with van der Waals surface area (Å²) < 4.78 is 4.96. The molecule has 0 atom stereocenters. The van der Waals surface area contributed by atoms with E-state index in [9.17, 15) is 0 Å². The first-order valence-electron chi connectivity index (χ1n) is 3.71. The lowest BCUT2D eigenvalue weighted by Crippen LogP contribution is -1.87. The van der Waals surface area contributed by atoms with E-state index in [0.717, 1.165) is 10.9 Å². The van der Waals surface area contributed by atoms with Crippen LogP contribution < -0.4 is 4.74 Å². The standard InChI is InChI=1S/C10H8NO/c1-12-10-7-6-8-4-2-3-5-9(8)11-10/h2-6H,1H3. The van der Waals surface area contributed by atoms with Gasteiger partial charge in [-0.3, -0.25) is 0 Å². The minimum Gasteiger partial charge on any atom is -0.481 e. The van der Waals surface area contributed by atoms with E-state index >= 15 is 0 Å². The fourth-order valence-electron chi connectivity index (χ4n) is 1.10. The topological polar surface area (TPSA) is 22.1 Å². The molecule has 0 spiro atoms. The number of benzene rings is 1. The molecule has 59 valence electrons. The molecule has 1 heterocycles. The predicted molar refractivity (Wildman–Crippen MR) is 47.1 cm³/mol. The first-order valence-corrected chi connectivity index (χ1v) is 3.71. The Balaban J connectivity index is 2.67. The molecule has 0 saturated carbocycles. The number of para-hydroxylation sites is 1. The average Bonchev–Trinajstić information content (AvgIpc) is 2.17. The van der Waals surface area contributed by atoms with Crippen molar-refractivity contribution < 1.29 is 4.74 Å². The largest absolute Gasteiger partial charge is 0.481 e. The van der Waals surface area contributed by atoms with Crippen molar-refractivity contribution in [3.63, 3.8) is 0 Å². The lowest BCUT2D eigenvalue weighted by atomic mass is 10.2. The average molecular weight is 158 g/mol. The fraction of sp³-hybridized carbons (Fsp3) is 0.100. The van der Waals surface area contributed by atoms with Crippen molar-refractivity contribution in [2.45, 2.75) is 0 Å². The molecule has 0 unspecified atom stereocenters. The number of fused-ring (bicyclic) bond motifs is 1. The summed E-state index contributed by atoms with van der Waals surface area (Å²) in [5.41, 5.74) is 0.938. The number of rotatable bonds is 1. The van der Waals surface area contributed by atoms with Gasteiger partial charge in [0, 0.05) is 5.39 Å². The molecule has 0 N–H and O–H groups in total. The van der Waals surface area contributed by atoms with Crippen molar-refractivity contribution in [2.75, 3.05) is 7.11 Å². The van der Waals surface area contributed by atoms with Crippen LogP contribution >= 0.6 is 0 Å². The summed E-state index contributed by atoms with van der Waals surface area (Å²) in [7, 11) is 1.59. The lowest BCUT2D eigenvalue weighted by Gasteiger charge is -1.99. The summed E-state index contributed by atoms with van der Waals surface area (Å²) in [6, 6.07) is 12.7. The highest BCUT2D eigenvalue weighted by molar-refractivity contribution is 5.78. The van der Waals surface area contributed by atoms with Crippen LogP contribution in [0, 0.1) is 6.07 Å². The Hall–Kier alpha value is -1.57. The zero-order chi connectivity index (χ0) is 8.39. The summed E-state index contributed by atoms with van der Waals surface area (Å²) in [5, 5.41) is 1.08. The van der Waals surface area contributed by atoms with Gasteiger partial charge in [-0.2, -0.15) is 0 Å². The van der Waals surface area contributed by atoms with E-state index < -0.39 is 0 Å². The Labute approximate surface area is 70.8 Å². The zero-order valence-electron chi connectivity index (χ0n) is 6.74. The van der Waals surface area contributed by atoms with Gasteiger partial charge in [0.05, 0.1) is 18.7 Å². The predicted octanol–water partition coefficient (Wildman–Crippen LogP) is 2.04. The van der Waals surface area contributed by atoms with E-state index in [0.29, 0.717) is 5.88 Å². The molecule has 0 amide bonds. The highest BCUT2D eigenvalue weighted by atomic mass is 16.5. The van der Waals surface area contributed by atoms with E-state index in [1.807, 2.05) is 30.3 Å². The van der Waals surface area contributed by atoms with E-state index in [1.165, 1.54) is 0 Å². The molecule has 2 rings (SSSR count). The quantitative estimate of drug-likeness (QED) is 0.633. The summed E-state index contributed by atoms with van der Waals surface area (Å²) in [5.74, 6) is 0.536. The maximum absolute atomic E-state index is 4.96. The zero-order valence-corrected chi connectivity index (χ0v) is 6.74. The van der Waals surface area contributed by atoms with Gasteiger partial charge in [0.15, 0.2) is 0 Å². The van der Waals surface area contributed by atoms with E-state index in [-0.39, 0.29) is 0 Å². The van der Waals surface area contributed by atoms with Crippen LogP contribution in [0.15, 0.2) is 30.3 Å². The Morgan fingerprint density at radius 2 is 2.17 bits per heavy atom. The second kappa shape index (κ2) is 2.81. The van der Waals surface area contributed by atoms with Crippen LogP contribution in [0.25, 0.3) is 10.9 Å². The Morgan fingerprint density at radius 1 is 1.33 bits per heavy atom. The minimum atomic E-state index is 0.536. The van der Waals surface area contributed by atoms with Crippen LogP contribution in [-0.4, -0.2) is 12.1 Å². The molecule has 2 nitrogen and oxygen atoms in total. The van der Waals surface area contributed by atoms with Crippen LogP contribution in [0.4, 0.5) is 0 Å². The summed E-state index contributed by atoms with van der Waals surface area (Å²) in [6.45, 7) is 0. The number of hydrogen-bond acceptors (Lipinski definition) is 2. The van der Waals surface area contributed by atoms with Gasteiger partial charge >= 0.3 is 0 Å². The third-order valence-electron chi connectivity index (χ3n) is 1.70. The second-order valence-electron chi connectivity index (χ2n) is 2.47. The molecule has 0 aliphatic heterocycles. The van der Waals surface area contributed by atoms with Crippen LogP contribution in [-0.2, 0) is 0 Å². The van der Waals surface area contributed by atoms with Crippen LogP contribution in [0.1, 0.15) is 0 Å². The van der Waals surface area contributed by atoms with Crippen LogP contribution in [0.3, 0.4) is 0 Å². The molecule has 0 fully saturated rings. The summed E-state index contributed by atoms with van der Waals surface area (Å²) in [4.78, 5) is 4.22. The van der Waals surface area contributed by atoms with Crippen molar-refractivity contribution >= 4 is 10.9 Å². The molecule has 0 aliphatic rings. The van der Waals surface area contributed by atoms with Crippen LogP contribution in [0.5, 0.6) is 5.88 Å². The van der Waals surface area contributed by atoms with Crippen molar-refractivity contribution in [3.05, 3.63) is 36.4 Å². The molecule has 1 aromatic carbocycles. The van der Waals surface area contributed by atoms with Gasteiger partial charge in [-0.05, 0) is 12.1 Å². The number of hydrogen-bond donors (Lipinski definition) is 0. The molecule has 0 aliphatic carbocycles. The van der Waals surface area contributed by atoms with Gasteiger partial charge in [0.1, 0.15) is 0 Å². The Kier molecular flexibility index (Phi) is 1.67. The molecular weight excluding hydrogens is 150 g/mol. The van der Waals surface area contributed by atoms with Gasteiger partial charge in [0.2, 0.25) is 5.88 Å². The summed E-state index contributed by atoms with van der Waals surface area (Å²) >= 11 is 0. The minimum absolute atomic E-state index is 0.536. The Morgan fingerprint density at radius 3 is 3.00 bits per heavy atom. The molecule has 0 bridgehead atoms. The van der Waals surface area contributed by atoms with E-state index in [4.69, 9.17) is 4.74 Å². The third kappa shape index (κ3) is 1.11. The number of nitrogens with zero attached hydrogens (tertiary/aromatic N) is 1. The molecule has 2 heteroatoms. The normalized spacial score (nSPS) is 10.1.